The second kappa shape index (κ2) is 9.36. The van der Waals surface area contributed by atoms with E-state index >= 15 is 0 Å². The molecule has 0 radical (unpaired) electrons. The zero-order chi connectivity index (χ0) is 19.1. The quantitative estimate of drug-likeness (QED) is 0.781. The van der Waals surface area contributed by atoms with E-state index in [1.165, 1.54) is 0 Å². The molecule has 1 heterocycles. The van der Waals surface area contributed by atoms with Crippen molar-refractivity contribution < 1.29 is 19.5 Å². The number of rotatable bonds is 7. The average molecular weight is 360 g/mol. The number of carbonyl (C=O) groups is 3. The number of benzene rings is 1. The highest BCUT2D eigenvalue weighted by Gasteiger charge is 2.30. The second-order valence-corrected chi connectivity index (χ2v) is 6.98. The van der Waals surface area contributed by atoms with Gasteiger partial charge in [-0.1, -0.05) is 44.2 Å². The Kier molecular flexibility index (Phi) is 7.18. The maximum atomic E-state index is 12.5. The van der Waals surface area contributed by atoms with Crippen molar-refractivity contribution in [3.8, 4) is 0 Å². The Morgan fingerprint density at radius 1 is 1.27 bits per heavy atom. The number of hydrogen-bond acceptors (Lipinski definition) is 3. The van der Waals surface area contributed by atoms with Gasteiger partial charge in [-0.15, -0.1) is 0 Å². The highest BCUT2D eigenvalue weighted by atomic mass is 16.4. The third-order valence-corrected chi connectivity index (χ3v) is 5.12. The van der Waals surface area contributed by atoms with Crippen LogP contribution in [0.25, 0.3) is 0 Å². The highest BCUT2D eigenvalue weighted by molar-refractivity contribution is 5.83. The Morgan fingerprint density at radius 2 is 1.96 bits per heavy atom. The molecule has 0 aliphatic carbocycles. The average Bonchev–Trinajstić information content (AvgIpc) is 2.67. The first-order valence-corrected chi connectivity index (χ1v) is 9.28. The number of nitrogens with zero attached hydrogens (tertiary/aromatic N) is 1. The maximum Gasteiger partial charge on any atom is 0.312 e. The van der Waals surface area contributed by atoms with Gasteiger partial charge in [0.15, 0.2) is 0 Å². The standard InChI is InChI=1S/C20H28N2O4/c1-3-14(2)19(24)22-11-7-10-16(13-22)18(23)21-12-17(20(25)26)15-8-5-4-6-9-15/h4-6,8-9,14,16-17H,3,7,10-13H2,1-2H3,(H,21,23)(H,25,26). The first-order chi connectivity index (χ1) is 12.4. The van der Waals surface area contributed by atoms with E-state index in [0.717, 1.165) is 19.3 Å². The molecule has 26 heavy (non-hydrogen) atoms. The number of nitrogens with one attached hydrogen (secondary N) is 1. The summed E-state index contributed by atoms with van der Waals surface area (Å²) in [5, 5.41) is 12.2. The van der Waals surface area contributed by atoms with Gasteiger partial charge < -0.3 is 15.3 Å². The molecule has 142 valence electrons. The Bertz CT molecular complexity index is 632. The highest BCUT2D eigenvalue weighted by Crippen LogP contribution is 2.20. The van der Waals surface area contributed by atoms with Crippen molar-refractivity contribution in [2.75, 3.05) is 19.6 Å². The monoisotopic (exact) mass is 360 g/mol. The molecule has 6 heteroatoms. The van der Waals surface area contributed by atoms with Crippen molar-refractivity contribution in [3.05, 3.63) is 35.9 Å². The van der Waals surface area contributed by atoms with Gasteiger partial charge in [0, 0.05) is 25.6 Å². The zero-order valence-electron chi connectivity index (χ0n) is 15.5. The summed E-state index contributed by atoms with van der Waals surface area (Å²) in [6.45, 7) is 5.04. The van der Waals surface area contributed by atoms with Gasteiger partial charge in [0.1, 0.15) is 0 Å². The summed E-state index contributed by atoms with van der Waals surface area (Å²) in [7, 11) is 0. The molecule has 1 aromatic rings. The Balaban J connectivity index is 1.94. The molecule has 2 N–H and O–H groups in total. The lowest BCUT2D eigenvalue weighted by atomic mass is 9.94. The number of aliphatic carboxylic acids is 1. The SMILES string of the molecule is CCC(C)C(=O)N1CCCC(C(=O)NCC(C(=O)O)c2ccccc2)C1. The molecule has 1 aliphatic heterocycles. The second-order valence-electron chi connectivity index (χ2n) is 6.98. The van der Waals surface area contributed by atoms with Crippen LogP contribution >= 0.6 is 0 Å². The minimum absolute atomic E-state index is 0.0358. The van der Waals surface area contributed by atoms with Crippen LogP contribution < -0.4 is 5.32 Å². The van der Waals surface area contributed by atoms with E-state index in [2.05, 4.69) is 5.32 Å². The lowest BCUT2D eigenvalue weighted by Gasteiger charge is -2.33. The number of piperidine rings is 1. The van der Waals surface area contributed by atoms with E-state index < -0.39 is 11.9 Å². The summed E-state index contributed by atoms with van der Waals surface area (Å²) in [6.07, 6.45) is 2.30. The smallest absolute Gasteiger partial charge is 0.312 e. The molecule has 0 aromatic heterocycles. The van der Waals surface area contributed by atoms with Gasteiger partial charge in [0.2, 0.25) is 11.8 Å². The van der Waals surface area contributed by atoms with Crippen LogP contribution in [0, 0.1) is 11.8 Å². The van der Waals surface area contributed by atoms with Gasteiger partial charge in [-0.25, -0.2) is 0 Å². The van der Waals surface area contributed by atoms with Crippen LogP contribution in [-0.2, 0) is 14.4 Å². The number of amides is 2. The summed E-state index contributed by atoms with van der Waals surface area (Å²) in [5.41, 5.74) is 0.664. The maximum absolute atomic E-state index is 12.5. The molecule has 0 spiro atoms. The van der Waals surface area contributed by atoms with E-state index in [1.54, 1.807) is 29.2 Å². The molecule has 1 saturated heterocycles. The summed E-state index contributed by atoms with van der Waals surface area (Å²) in [4.78, 5) is 38.2. The molecule has 1 aromatic carbocycles. The van der Waals surface area contributed by atoms with E-state index in [0.29, 0.717) is 18.7 Å². The summed E-state index contributed by atoms with van der Waals surface area (Å²) in [6, 6.07) is 8.89. The number of carboxylic acid groups (broad SMARTS) is 1. The van der Waals surface area contributed by atoms with Gasteiger partial charge in [0.25, 0.3) is 0 Å². The third kappa shape index (κ3) is 5.07. The molecule has 1 aliphatic rings. The van der Waals surface area contributed by atoms with Crippen LogP contribution in [0.1, 0.15) is 44.6 Å². The van der Waals surface area contributed by atoms with E-state index in [1.807, 2.05) is 19.9 Å². The number of likely N-dealkylation sites (tertiary alicyclic amines) is 1. The predicted molar refractivity (Wildman–Crippen MR) is 98.6 cm³/mol. The largest absolute Gasteiger partial charge is 0.481 e. The molecular weight excluding hydrogens is 332 g/mol. The van der Waals surface area contributed by atoms with Crippen molar-refractivity contribution in [2.24, 2.45) is 11.8 Å². The molecule has 2 amide bonds. The number of hydrogen-bond donors (Lipinski definition) is 2. The summed E-state index contributed by atoms with van der Waals surface area (Å²) < 4.78 is 0. The van der Waals surface area contributed by atoms with E-state index in [4.69, 9.17) is 0 Å². The van der Waals surface area contributed by atoms with E-state index in [9.17, 15) is 19.5 Å². The van der Waals surface area contributed by atoms with Crippen molar-refractivity contribution in [1.29, 1.82) is 0 Å². The summed E-state index contributed by atoms with van der Waals surface area (Å²) >= 11 is 0. The molecule has 2 rings (SSSR count). The minimum Gasteiger partial charge on any atom is -0.481 e. The number of carbonyl (C=O) groups excluding carboxylic acids is 2. The van der Waals surface area contributed by atoms with Crippen molar-refractivity contribution in [3.63, 3.8) is 0 Å². The minimum atomic E-state index is -0.964. The van der Waals surface area contributed by atoms with Gasteiger partial charge in [-0.2, -0.15) is 0 Å². The van der Waals surface area contributed by atoms with Crippen LogP contribution in [0.4, 0.5) is 0 Å². The molecule has 0 saturated carbocycles. The first kappa shape index (κ1) is 19.9. The van der Waals surface area contributed by atoms with Crippen LogP contribution in [0.15, 0.2) is 30.3 Å². The van der Waals surface area contributed by atoms with Gasteiger partial charge in [-0.05, 0) is 24.8 Å². The lowest BCUT2D eigenvalue weighted by molar-refractivity contribution is -0.139. The zero-order valence-corrected chi connectivity index (χ0v) is 15.5. The van der Waals surface area contributed by atoms with Crippen molar-refractivity contribution >= 4 is 17.8 Å². The van der Waals surface area contributed by atoms with Crippen molar-refractivity contribution in [2.45, 2.75) is 39.0 Å². The van der Waals surface area contributed by atoms with Gasteiger partial charge in [-0.3, -0.25) is 14.4 Å². The third-order valence-electron chi connectivity index (χ3n) is 5.12. The fourth-order valence-corrected chi connectivity index (χ4v) is 3.26. The first-order valence-electron chi connectivity index (χ1n) is 9.28. The predicted octanol–water partition coefficient (Wildman–Crippen LogP) is 2.26. The van der Waals surface area contributed by atoms with Crippen LogP contribution in [0.2, 0.25) is 0 Å². The van der Waals surface area contributed by atoms with Gasteiger partial charge in [0.05, 0.1) is 11.8 Å². The topological polar surface area (TPSA) is 86.7 Å². The molecule has 3 atom stereocenters. The Morgan fingerprint density at radius 3 is 2.58 bits per heavy atom. The van der Waals surface area contributed by atoms with Crippen LogP contribution in [0.3, 0.4) is 0 Å². The fourth-order valence-electron chi connectivity index (χ4n) is 3.26. The van der Waals surface area contributed by atoms with Gasteiger partial charge >= 0.3 is 5.97 Å². The van der Waals surface area contributed by atoms with E-state index in [-0.39, 0.29) is 30.2 Å². The molecule has 0 bridgehead atoms. The Labute approximate surface area is 154 Å². The summed E-state index contributed by atoms with van der Waals surface area (Å²) in [5.74, 6) is -2.13. The molecular formula is C20H28N2O4. The van der Waals surface area contributed by atoms with Crippen molar-refractivity contribution in [1.82, 2.24) is 10.2 Å². The number of carboxylic acids is 1. The molecule has 6 nitrogen and oxygen atoms in total. The normalized spacial score (nSPS) is 19.5. The van der Waals surface area contributed by atoms with Crippen LogP contribution in [0.5, 0.6) is 0 Å². The lowest BCUT2D eigenvalue weighted by Crippen LogP contribution is -2.47. The van der Waals surface area contributed by atoms with Crippen LogP contribution in [-0.4, -0.2) is 47.4 Å². The molecule has 1 fully saturated rings. The Hall–Kier alpha value is -2.37. The fraction of sp³-hybridized carbons (Fsp3) is 0.550. The molecule has 3 unspecified atom stereocenters.